The van der Waals surface area contributed by atoms with E-state index in [0.717, 1.165) is 96.3 Å². The van der Waals surface area contributed by atoms with Crippen LogP contribution in [-0.4, -0.2) is 100 Å². The fourth-order valence-electron chi connectivity index (χ4n) is 9.11. The van der Waals surface area contributed by atoms with Crippen molar-refractivity contribution in [1.29, 1.82) is 0 Å². The van der Waals surface area contributed by atoms with E-state index in [1.165, 1.54) is 141 Å². The number of carbonyl (C=O) groups excluding carboxylic acids is 2. The van der Waals surface area contributed by atoms with Crippen LogP contribution in [0.4, 0.5) is 0 Å². The second-order valence-corrected chi connectivity index (χ2v) is 20.7. The summed E-state index contributed by atoms with van der Waals surface area (Å²) in [6.07, 6.45) is 53.6. The first kappa shape index (κ1) is 67.6. The second-order valence-electron chi connectivity index (χ2n) is 20.7. The number of hydrogen-bond donors (Lipinski definition) is 6. The van der Waals surface area contributed by atoms with Crippen molar-refractivity contribution in [3.63, 3.8) is 0 Å². The van der Waals surface area contributed by atoms with Gasteiger partial charge in [0, 0.05) is 12.8 Å². The fourth-order valence-corrected chi connectivity index (χ4v) is 9.11. The molecular weight excluding hydrogens is 907 g/mol. The van der Waals surface area contributed by atoms with Gasteiger partial charge in [0.2, 0.25) is 5.91 Å². The monoisotopic (exact) mass is 1020 g/mol. The molecule has 7 unspecified atom stereocenters. The topological polar surface area (TPSA) is 175 Å². The molecule has 1 rings (SSSR count). The highest BCUT2D eigenvalue weighted by Crippen LogP contribution is 2.23. The van der Waals surface area contributed by atoms with Gasteiger partial charge in [0.05, 0.1) is 32.0 Å². The van der Waals surface area contributed by atoms with E-state index >= 15 is 0 Å². The maximum Gasteiger partial charge on any atom is 0.305 e. The van der Waals surface area contributed by atoms with E-state index in [9.17, 15) is 35.1 Å². The second kappa shape index (κ2) is 50.8. The van der Waals surface area contributed by atoms with Crippen molar-refractivity contribution in [3.05, 3.63) is 48.6 Å². The number of amides is 1. The summed E-state index contributed by atoms with van der Waals surface area (Å²) in [6.45, 7) is 4.25. The molecule has 420 valence electrons. The minimum Gasteiger partial charge on any atom is -0.466 e. The lowest BCUT2D eigenvalue weighted by molar-refractivity contribution is -0.302. The quantitative estimate of drug-likeness (QED) is 0.0195. The van der Waals surface area contributed by atoms with Gasteiger partial charge < -0.3 is 45.1 Å². The molecule has 0 radical (unpaired) electrons. The van der Waals surface area contributed by atoms with Gasteiger partial charge in [0.1, 0.15) is 24.4 Å². The Balaban J connectivity index is 2.06. The van der Waals surface area contributed by atoms with Gasteiger partial charge in [-0.2, -0.15) is 0 Å². The Morgan fingerprint density at radius 3 is 1.42 bits per heavy atom. The molecule has 11 heteroatoms. The predicted octanol–water partition coefficient (Wildman–Crippen LogP) is 13.7. The van der Waals surface area contributed by atoms with Gasteiger partial charge in [-0.05, 0) is 96.3 Å². The molecule has 0 aromatic heterocycles. The number of unbranched alkanes of at least 4 members (excludes halogenated alkanes) is 31. The first-order valence-corrected chi connectivity index (χ1v) is 29.9. The van der Waals surface area contributed by atoms with E-state index < -0.39 is 49.5 Å². The normalized spacial score (nSPS) is 19.3. The van der Waals surface area contributed by atoms with Crippen molar-refractivity contribution in [2.24, 2.45) is 0 Å². The van der Waals surface area contributed by atoms with Gasteiger partial charge in [-0.15, -0.1) is 0 Å². The van der Waals surface area contributed by atoms with Crippen LogP contribution >= 0.6 is 0 Å². The van der Waals surface area contributed by atoms with Crippen molar-refractivity contribution in [1.82, 2.24) is 5.32 Å². The fraction of sp³-hybridized carbons (Fsp3) is 0.836. The molecule has 1 fully saturated rings. The van der Waals surface area contributed by atoms with Crippen molar-refractivity contribution < 1.29 is 49.3 Å². The maximum absolute atomic E-state index is 13.0. The number of aliphatic hydroxyl groups is 5. The number of carbonyl (C=O) groups is 2. The number of nitrogens with one attached hydrogen (secondary N) is 1. The van der Waals surface area contributed by atoms with Crippen molar-refractivity contribution in [2.45, 2.75) is 307 Å². The molecule has 0 aromatic carbocycles. The number of hydrogen-bond acceptors (Lipinski definition) is 10. The summed E-state index contributed by atoms with van der Waals surface area (Å²) in [5.41, 5.74) is 0. The zero-order valence-electron chi connectivity index (χ0n) is 46.1. The lowest BCUT2D eigenvalue weighted by Crippen LogP contribution is -2.60. The van der Waals surface area contributed by atoms with Crippen molar-refractivity contribution in [3.8, 4) is 0 Å². The largest absolute Gasteiger partial charge is 0.466 e. The van der Waals surface area contributed by atoms with E-state index in [4.69, 9.17) is 14.2 Å². The number of rotatable bonds is 51. The molecule has 11 nitrogen and oxygen atoms in total. The third kappa shape index (κ3) is 40.0. The summed E-state index contributed by atoms with van der Waals surface area (Å²) in [4.78, 5) is 25.1. The number of ether oxygens (including phenoxy) is 3. The molecule has 1 aliphatic heterocycles. The van der Waals surface area contributed by atoms with Gasteiger partial charge in [-0.3, -0.25) is 9.59 Å². The molecule has 7 atom stereocenters. The smallest absolute Gasteiger partial charge is 0.305 e. The van der Waals surface area contributed by atoms with Crippen molar-refractivity contribution in [2.75, 3.05) is 19.8 Å². The van der Waals surface area contributed by atoms with E-state index in [2.05, 4.69) is 55.6 Å². The van der Waals surface area contributed by atoms with Gasteiger partial charge in [0.15, 0.2) is 6.29 Å². The summed E-state index contributed by atoms with van der Waals surface area (Å²) in [7, 11) is 0. The molecule has 72 heavy (non-hydrogen) atoms. The lowest BCUT2D eigenvalue weighted by atomic mass is 9.99. The molecule has 0 aliphatic carbocycles. The van der Waals surface area contributed by atoms with Crippen LogP contribution in [0.2, 0.25) is 0 Å². The van der Waals surface area contributed by atoms with Crippen LogP contribution in [0.3, 0.4) is 0 Å². The average Bonchev–Trinajstić information content (AvgIpc) is 3.38. The number of esters is 1. The van der Waals surface area contributed by atoms with Crippen LogP contribution in [-0.2, 0) is 23.8 Å². The number of allylic oxidation sites excluding steroid dienone is 7. The van der Waals surface area contributed by atoms with E-state index in [-0.39, 0.29) is 18.5 Å². The minimum absolute atomic E-state index is 0.0359. The molecule has 1 saturated heterocycles. The zero-order chi connectivity index (χ0) is 52.4. The summed E-state index contributed by atoms with van der Waals surface area (Å²) >= 11 is 0. The van der Waals surface area contributed by atoms with Crippen LogP contribution < -0.4 is 5.32 Å². The maximum atomic E-state index is 13.0. The Morgan fingerprint density at radius 1 is 0.514 bits per heavy atom. The van der Waals surface area contributed by atoms with Gasteiger partial charge in [-0.25, -0.2) is 0 Å². The third-order valence-electron chi connectivity index (χ3n) is 13.9. The molecule has 0 spiro atoms. The standard InChI is InChI=1S/C61H111NO10/c1-3-5-7-9-11-13-14-15-16-17-20-23-26-29-33-37-41-45-49-57(66)70-50-46-42-38-34-30-27-24-21-18-19-22-25-28-32-36-40-44-48-56(65)62-53(54(64)47-43-39-35-31-12-10-8-6-4-2)52-71-61-60(69)59(68)58(67)55(51-63)72-61/h16-18,21,27,30,43,47,53-55,58-61,63-64,67-69H,3-15,19-20,22-26,28-29,31-42,44-46,48-52H2,1-2H3,(H,62,65)/b17-16-,21-18-,30-27-,47-43+. The molecule has 1 heterocycles. The molecule has 6 N–H and O–H groups in total. The summed E-state index contributed by atoms with van der Waals surface area (Å²) < 4.78 is 16.7. The Bertz CT molecular complexity index is 1340. The first-order chi connectivity index (χ1) is 35.2. The van der Waals surface area contributed by atoms with Crippen LogP contribution in [0.5, 0.6) is 0 Å². The summed E-state index contributed by atoms with van der Waals surface area (Å²) in [6, 6.07) is -0.821. The number of aliphatic hydroxyl groups excluding tert-OH is 5. The van der Waals surface area contributed by atoms with E-state index in [1.54, 1.807) is 6.08 Å². The Kier molecular flexibility index (Phi) is 47.7. The summed E-state index contributed by atoms with van der Waals surface area (Å²) in [5.74, 6) is -0.237. The molecule has 0 aromatic rings. The van der Waals surface area contributed by atoms with E-state index in [1.807, 2.05) is 6.08 Å². The van der Waals surface area contributed by atoms with Crippen molar-refractivity contribution >= 4 is 11.9 Å². The van der Waals surface area contributed by atoms with Crippen LogP contribution in [0.1, 0.15) is 264 Å². The first-order valence-electron chi connectivity index (χ1n) is 29.9. The molecule has 1 amide bonds. The van der Waals surface area contributed by atoms with E-state index in [0.29, 0.717) is 19.4 Å². The molecule has 0 bridgehead atoms. The minimum atomic E-state index is -1.58. The Hall–Kier alpha value is -2.38. The van der Waals surface area contributed by atoms with Gasteiger partial charge >= 0.3 is 5.97 Å². The lowest BCUT2D eigenvalue weighted by Gasteiger charge is -2.40. The van der Waals surface area contributed by atoms with Crippen LogP contribution in [0.25, 0.3) is 0 Å². The summed E-state index contributed by atoms with van der Waals surface area (Å²) in [5, 5.41) is 54.2. The molecule has 1 aliphatic rings. The highest BCUT2D eigenvalue weighted by atomic mass is 16.7. The molecule has 0 saturated carbocycles. The average molecular weight is 1020 g/mol. The highest BCUT2D eigenvalue weighted by molar-refractivity contribution is 5.76. The molecular formula is C61H111NO10. The predicted molar refractivity (Wildman–Crippen MR) is 297 cm³/mol. The van der Waals surface area contributed by atoms with Gasteiger partial charge in [-0.1, -0.05) is 204 Å². The Labute approximate surface area is 440 Å². The SMILES string of the molecule is CCCCCCCCC/C=C\CCCCCCCCCC(=O)OCCCCC/C=C\C/C=C\CCCCCCCCCC(=O)NC(COC1OC(CO)C(O)C(O)C1O)C(O)/C=C/CCCCCCCCC. The van der Waals surface area contributed by atoms with Crippen LogP contribution in [0.15, 0.2) is 48.6 Å². The highest BCUT2D eigenvalue weighted by Gasteiger charge is 2.44. The zero-order valence-corrected chi connectivity index (χ0v) is 46.1. The van der Waals surface area contributed by atoms with Gasteiger partial charge in [0.25, 0.3) is 0 Å². The Morgan fingerprint density at radius 2 is 0.931 bits per heavy atom. The van der Waals surface area contributed by atoms with Crippen LogP contribution in [0, 0.1) is 0 Å². The third-order valence-corrected chi connectivity index (χ3v) is 13.9.